The van der Waals surface area contributed by atoms with Gasteiger partial charge in [0.2, 0.25) is 0 Å². The number of rotatable bonds is 4. The van der Waals surface area contributed by atoms with Gasteiger partial charge in [-0.05, 0) is 38.8 Å². The first kappa shape index (κ1) is 12.7. The van der Waals surface area contributed by atoms with Crippen molar-refractivity contribution in [2.24, 2.45) is 0 Å². The molecule has 0 aliphatic rings. The zero-order valence-electron chi connectivity index (χ0n) is 9.72. The molecule has 0 aromatic rings. The van der Waals surface area contributed by atoms with Crippen LogP contribution in [0.4, 0.5) is 0 Å². The molecule has 0 aromatic heterocycles. The average Bonchev–Trinajstić information content (AvgIpc) is 2.09. The van der Waals surface area contributed by atoms with Crippen LogP contribution in [0.2, 0.25) is 0 Å². The Balaban J connectivity index is 4.82. The Labute approximate surface area is 88.0 Å². The van der Waals surface area contributed by atoms with E-state index in [1.165, 1.54) is 11.1 Å². The smallest absolute Gasteiger partial charge is 0.0207 e. The molecule has 0 fully saturated rings. The number of hydrogen-bond donors (Lipinski definition) is 0. The molecule has 0 heterocycles. The summed E-state index contributed by atoms with van der Waals surface area (Å²) in [5, 5.41) is 0. The standard InChI is InChI=1S/C14H20/c1-7-8-14(12(4)5)13(6)10-9-11(2)3/h7-10H,2,6H2,1,3-5H3/b8-7-,10-9-. The van der Waals surface area contributed by atoms with Crippen LogP contribution >= 0.6 is 0 Å². The first-order valence-corrected chi connectivity index (χ1v) is 4.82. The molecule has 0 unspecified atom stereocenters. The maximum absolute atomic E-state index is 4.03. The molecule has 0 spiro atoms. The largest absolute Gasteiger partial charge is 0.0961 e. The Morgan fingerprint density at radius 2 is 1.50 bits per heavy atom. The van der Waals surface area contributed by atoms with Crippen molar-refractivity contribution in [1.82, 2.24) is 0 Å². The van der Waals surface area contributed by atoms with E-state index in [2.05, 4.69) is 33.1 Å². The molecule has 0 nitrogen and oxygen atoms in total. The van der Waals surface area contributed by atoms with E-state index in [1.807, 2.05) is 32.1 Å². The summed E-state index contributed by atoms with van der Waals surface area (Å²) in [5.74, 6) is 0. The number of allylic oxidation sites excluding steroid dienone is 8. The molecule has 76 valence electrons. The van der Waals surface area contributed by atoms with Gasteiger partial charge >= 0.3 is 0 Å². The molecule has 0 atom stereocenters. The van der Waals surface area contributed by atoms with Crippen LogP contribution in [0.5, 0.6) is 0 Å². The Morgan fingerprint density at radius 3 is 1.86 bits per heavy atom. The molecule has 0 aliphatic heterocycles. The van der Waals surface area contributed by atoms with Crippen molar-refractivity contribution in [2.45, 2.75) is 27.7 Å². The molecular weight excluding hydrogens is 168 g/mol. The van der Waals surface area contributed by atoms with Gasteiger partial charge in [0.05, 0.1) is 0 Å². The van der Waals surface area contributed by atoms with Gasteiger partial charge in [0.15, 0.2) is 0 Å². The molecule has 0 N–H and O–H groups in total. The fraction of sp³-hybridized carbons (Fsp3) is 0.286. The molecule has 14 heavy (non-hydrogen) atoms. The zero-order valence-corrected chi connectivity index (χ0v) is 9.72. The third-order valence-corrected chi connectivity index (χ3v) is 1.79. The second-order valence-corrected chi connectivity index (χ2v) is 3.62. The Kier molecular flexibility index (Phi) is 5.62. The monoisotopic (exact) mass is 188 g/mol. The van der Waals surface area contributed by atoms with Crippen LogP contribution < -0.4 is 0 Å². The molecule has 0 amide bonds. The van der Waals surface area contributed by atoms with E-state index in [4.69, 9.17) is 0 Å². The normalized spacial score (nSPS) is 10.9. The molecule has 0 aliphatic carbocycles. The lowest BCUT2D eigenvalue weighted by Gasteiger charge is -2.04. The highest BCUT2D eigenvalue weighted by Crippen LogP contribution is 2.16. The van der Waals surface area contributed by atoms with Gasteiger partial charge in [0.25, 0.3) is 0 Å². The summed E-state index contributed by atoms with van der Waals surface area (Å²) in [7, 11) is 0. The van der Waals surface area contributed by atoms with Crippen LogP contribution in [0.1, 0.15) is 27.7 Å². The lowest BCUT2D eigenvalue weighted by Crippen LogP contribution is -1.84. The Morgan fingerprint density at radius 1 is 0.929 bits per heavy atom. The van der Waals surface area contributed by atoms with Gasteiger partial charge in [-0.15, -0.1) is 0 Å². The van der Waals surface area contributed by atoms with Crippen molar-refractivity contribution in [3.05, 3.63) is 59.8 Å². The summed E-state index contributed by atoms with van der Waals surface area (Å²) in [6.07, 6.45) is 8.10. The molecule has 0 rings (SSSR count). The van der Waals surface area contributed by atoms with Gasteiger partial charge in [-0.25, -0.2) is 0 Å². The first-order chi connectivity index (χ1) is 6.49. The van der Waals surface area contributed by atoms with Crippen molar-refractivity contribution < 1.29 is 0 Å². The highest BCUT2D eigenvalue weighted by molar-refractivity contribution is 5.47. The zero-order chi connectivity index (χ0) is 11.1. The van der Waals surface area contributed by atoms with E-state index < -0.39 is 0 Å². The van der Waals surface area contributed by atoms with Crippen molar-refractivity contribution in [1.29, 1.82) is 0 Å². The van der Waals surface area contributed by atoms with Crippen molar-refractivity contribution in [3.63, 3.8) is 0 Å². The Bertz CT molecular complexity index is 305. The second kappa shape index (κ2) is 6.20. The van der Waals surface area contributed by atoms with Crippen LogP contribution in [0, 0.1) is 0 Å². The van der Waals surface area contributed by atoms with Gasteiger partial charge in [0, 0.05) is 0 Å². The van der Waals surface area contributed by atoms with Gasteiger partial charge < -0.3 is 0 Å². The second-order valence-electron chi connectivity index (χ2n) is 3.62. The molecule has 0 aromatic carbocycles. The molecular formula is C14H20. The van der Waals surface area contributed by atoms with E-state index in [9.17, 15) is 0 Å². The van der Waals surface area contributed by atoms with E-state index in [0.29, 0.717) is 0 Å². The van der Waals surface area contributed by atoms with Crippen LogP contribution in [-0.4, -0.2) is 0 Å². The van der Waals surface area contributed by atoms with Gasteiger partial charge in [-0.1, -0.05) is 48.6 Å². The van der Waals surface area contributed by atoms with E-state index in [-0.39, 0.29) is 0 Å². The molecule has 0 saturated carbocycles. The lowest BCUT2D eigenvalue weighted by atomic mass is 10.0. The minimum absolute atomic E-state index is 1.03. The summed E-state index contributed by atoms with van der Waals surface area (Å²) in [5.41, 5.74) is 4.55. The summed E-state index contributed by atoms with van der Waals surface area (Å²) in [4.78, 5) is 0. The summed E-state index contributed by atoms with van der Waals surface area (Å²) in [6.45, 7) is 16.0. The minimum Gasteiger partial charge on any atom is -0.0961 e. The summed E-state index contributed by atoms with van der Waals surface area (Å²) in [6, 6.07) is 0. The lowest BCUT2D eigenvalue weighted by molar-refractivity contribution is 1.31. The average molecular weight is 188 g/mol. The van der Waals surface area contributed by atoms with E-state index in [1.54, 1.807) is 0 Å². The highest BCUT2D eigenvalue weighted by atomic mass is 14.0. The minimum atomic E-state index is 1.03. The number of hydrogen-bond acceptors (Lipinski definition) is 0. The third kappa shape index (κ3) is 4.66. The fourth-order valence-electron chi connectivity index (χ4n) is 1.09. The van der Waals surface area contributed by atoms with Gasteiger partial charge in [-0.3, -0.25) is 0 Å². The van der Waals surface area contributed by atoms with Crippen LogP contribution in [0.3, 0.4) is 0 Å². The summed E-state index contributed by atoms with van der Waals surface area (Å²) < 4.78 is 0. The topological polar surface area (TPSA) is 0 Å². The SMILES string of the molecule is C=C(C)/C=C\C(=C)C(/C=C\C)=C(C)C. The van der Waals surface area contributed by atoms with Crippen molar-refractivity contribution in [2.75, 3.05) is 0 Å². The quantitative estimate of drug-likeness (QED) is 0.566. The first-order valence-electron chi connectivity index (χ1n) is 4.82. The van der Waals surface area contributed by atoms with Gasteiger partial charge in [-0.2, -0.15) is 0 Å². The summed E-state index contributed by atoms with van der Waals surface area (Å²) >= 11 is 0. The Hall–Kier alpha value is -1.30. The fourth-order valence-corrected chi connectivity index (χ4v) is 1.09. The van der Waals surface area contributed by atoms with Crippen molar-refractivity contribution >= 4 is 0 Å². The van der Waals surface area contributed by atoms with E-state index in [0.717, 1.165) is 11.1 Å². The maximum Gasteiger partial charge on any atom is -0.0207 e. The predicted octanol–water partition coefficient (Wildman–Crippen LogP) is 4.59. The van der Waals surface area contributed by atoms with Crippen LogP contribution in [0.15, 0.2) is 59.8 Å². The van der Waals surface area contributed by atoms with Crippen LogP contribution in [0.25, 0.3) is 0 Å². The highest BCUT2D eigenvalue weighted by Gasteiger charge is 1.96. The van der Waals surface area contributed by atoms with Crippen molar-refractivity contribution in [3.8, 4) is 0 Å². The van der Waals surface area contributed by atoms with Gasteiger partial charge in [0.1, 0.15) is 0 Å². The third-order valence-electron chi connectivity index (χ3n) is 1.79. The van der Waals surface area contributed by atoms with E-state index >= 15 is 0 Å². The molecule has 0 heteroatoms. The maximum atomic E-state index is 4.03. The molecule has 0 saturated heterocycles. The predicted molar refractivity (Wildman–Crippen MR) is 66.3 cm³/mol. The molecule has 0 radical (unpaired) electrons. The molecule has 0 bridgehead atoms. The van der Waals surface area contributed by atoms with Crippen LogP contribution in [-0.2, 0) is 0 Å².